The van der Waals surface area contributed by atoms with Crippen LogP contribution in [-0.2, 0) is 23.2 Å². The van der Waals surface area contributed by atoms with E-state index in [9.17, 15) is 27.6 Å². The Kier molecular flexibility index (Phi) is 8.48. The summed E-state index contributed by atoms with van der Waals surface area (Å²) in [6, 6.07) is 5.91. The molecule has 15 heteroatoms. The molecule has 1 aliphatic rings. The summed E-state index contributed by atoms with van der Waals surface area (Å²) in [7, 11) is 1.49. The van der Waals surface area contributed by atoms with Crippen molar-refractivity contribution in [3.8, 4) is 11.8 Å². The number of alkyl halides is 3. The Morgan fingerprint density at radius 1 is 1.14 bits per heavy atom. The van der Waals surface area contributed by atoms with Gasteiger partial charge in [0.15, 0.2) is 11.2 Å². The Labute approximate surface area is 239 Å². The van der Waals surface area contributed by atoms with Gasteiger partial charge in [0.25, 0.3) is 11.5 Å². The SMILES string of the molecule is CC#CCn1c(N2CCNCC2)nc2nc(Nc3ccccc3C(=O)N(OC(=O)C(F)(F)F)C(C)(C)C)n(C)c(=O)c21. The molecule has 0 radical (unpaired) electrons. The van der Waals surface area contributed by atoms with Gasteiger partial charge in [-0.05, 0) is 39.8 Å². The molecule has 3 aromatic rings. The quantitative estimate of drug-likeness (QED) is 0.342. The number of halogens is 3. The first-order chi connectivity index (χ1) is 19.7. The number of hydrogen-bond acceptors (Lipinski definition) is 9. The van der Waals surface area contributed by atoms with Gasteiger partial charge >= 0.3 is 12.1 Å². The third-order valence-electron chi connectivity index (χ3n) is 6.38. The number of anilines is 3. The number of carbonyl (C=O) groups is 2. The first-order valence-corrected chi connectivity index (χ1v) is 13.1. The summed E-state index contributed by atoms with van der Waals surface area (Å²) in [4.78, 5) is 54.4. The molecule has 0 unspecified atom stereocenters. The van der Waals surface area contributed by atoms with E-state index in [0.717, 1.165) is 13.1 Å². The smallest absolute Gasteiger partial charge is 0.340 e. The van der Waals surface area contributed by atoms with Crippen LogP contribution in [0, 0.1) is 11.8 Å². The lowest BCUT2D eigenvalue weighted by Crippen LogP contribution is -2.49. The molecule has 2 aromatic heterocycles. The largest absolute Gasteiger partial charge is 0.493 e. The van der Waals surface area contributed by atoms with E-state index < -0.39 is 29.2 Å². The fourth-order valence-corrected chi connectivity index (χ4v) is 4.30. The van der Waals surface area contributed by atoms with Gasteiger partial charge in [0.05, 0.1) is 23.3 Å². The number of rotatable bonds is 5. The van der Waals surface area contributed by atoms with Gasteiger partial charge in [-0.3, -0.25) is 18.7 Å². The number of fused-ring (bicyclic) bond motifs is 1. The second kappa shape index (κ2) is 11.7. The van der Waals surface area contributed by atoms with Crippen LogP contribution in [0.1, 0.15) is 38.1 Å². The second-order valence-corrected chi connectivity index (χ2v) is 10.5. The number of amides is 1. The van der Waals surface area contributed by atoms with Gasteiger partial charge in [0.1, 0.15) is 0 Å². The predicted molar refractivity (Wildman–Crippen MR) is 149 cm³/mol. The highest BCUT2D eigenvalue weighted by atomic mass is 19.4. The lowest BCUT2D eigenvalue weighted by atomic mass is 10.1. The zero-order valence-electron chi connectivity index (χ0n) is 23.8. The molecule has 4 rings (SSSR count). The third-order valence-corrected chi connectivity index (χ3v) is 6.38. The number of nitrogens with one attached hydrogen (secondary N) is 2. The van der Waals surface area contributed by atoms with Crippen LogP contribution in [0.5, 0.6) is 0 Å². The maximum absolute atomic E-state index is 13.6. The minimum Gasteiger partial charge on any atom is -0.340 e. The van der Waals surface area contributed by atoms with Crippen LogP contribution in [0.25, 0.3) is 11.2 Å². The van der Waals surface area contributed by atoms with Gasteiger partial charge in [-0.2, -0.15) is 28.2 Å². The second-order valence-electron chi connectivity index (χ2n) is 10.5. The first-order valence-electron chi connectivity index (χ1n) is 13.1. The molecule has 0 aliphatic carbocycles. The Hall–Kier alpha value is -4.58. The highest BCUT2D eigenvalue weighted by molar-refractivity contribution is 6.00. The van der Waals surface area contributed by atoms with Crippen LogP contribution in [0.15, 0.2) is 29.1 Å². The molecule has 0 saturated carbocycles. The van der Waals surface area contributed by atoms with Crippen molar-refractivity contribution in [1.82, 2.24) is 29.5 Å². The number of hydrogen-bond donors (Lipinski definition) is 2. The fraction of sp³-hybridized carbons (Fsp3) is 0.444. The van der Waals surface area contributed by atoms with Gasteiger partial charge in [-0.25, -0.2) is 4.79 Å². The van der Waals surface area contributed by atoms with Crippen molar-refractivity contribution in [3.63, 3.8) is 0 Å². The molecule has 1 aliphatic heterocycles. The maximum atomic E-state index is 13.6. The van der Waals surface area contributed by atoms with Crippen LogP contribution in [0.4, 0.5) is 30.8 Å². The molecule has 224 valence electrons. The molecule has 3 heterocycles. The van der Waals surface area contributed by atoms with E-state index in [-0.39, 0.29) is 34.9 Å². The van der Waals surface area contributed by atoms with Crippen molar-refractivity contribution < 1.29 is 27.6 Å². The standard InChI is InChI=1S/C27H31F3N8O4/c1-6-7-14-37-19-20(34-25(37)36-15-12-31-13-16-36)33-24(35(5)22(19)40)32-18-11-9-8-10-17(18)21(39)38(26(2,3)4)42-23(41)27(28,29)30/h8-11,31H,12-16H2,1-5H3,(H,32,33). The number of nitrogens with zero attached hydrogens (tertiary/aromatic N) is 6. The monoisotopic (exact) mass is 588 g/mol. The zero-order valence-corrected chi connectivity index (χ0v) is 23.8. The van der Waals surface area contributed by atoms with Crippen LogP contribution in [0.3, 0.4) is 0 Å². The highest BCUT2D eigenvalue weighted by Crippen LogP contribution is 2.28. The van der Waals surface area contributed by atoms with Crippen LogP contribution in [-0.4, -0.2) is 73.9 Å². The topological polar surface area (TPSA) is 127 Å². The molecule has 0 spiro atoms. The first kappa shape index (κ1) is 30.4. The molecule has 1 saturated heterocycles. The van der Waals surface area contributed by atoms with Crippen molar-refractivity contribution >= 4 is 40.6 Å². The lowest BCUT2D eigenvalue weighted by Gasteiger charge is -2.33. The van der Waals surface area contributed by atoms with Gasteiger partial charge in [0.2, 0.25) is 11.9 Å². The van der Waals surface area contributed by atoms with E-state index in [0.29, 0.717) is 24.1 Å². The van der Waals surface area contributed by atoms with Crippen molar-refractivity contribution in [3.05, 3.63) is 40.2 Å². The van der Waals surface area contributed by atoms with E-state index >= 15 is 0 Å². The Morgan fingerprint density at radius 3 is 2.43 bits per heavy atom. The molecular formula is C27H31F3N8O4. The number of para-hydroxylation sites is 1. The van der Waals surface area contributed by atoms with Crippen LogP contribution < -0.4 is 21.1 Å². The summed E-state index contributed by atoms with van der Waals surface area (Å²) in [5, 5.41) is 6.58. The van der Waals surface area contributed by atoms with Gasteiger partial charge in [-0.15, -0.1) is 5.92 Å². The molecular weight excluding hydrogens is 557 g/mol. The van der Waals surface area contributed by atoms with E-state index in [4.69, 9.17) is 0 Å². The van der Waals surface area contributed by atoms with Gasteiger partial charge < -0.3 is 20.4 Å². The fourth-order valence-electron chi connectivity index (χ4n) is 4.30. The number of aromatic nitrogens is 4. The third kappa shape index (κ3) is 6.18. The summed E-state index contributed by atoms with van der Waals surface area (Å²) in [5.41, 5.74) is -1.35. The summed E-state index contributed by atoms with van der Waals surface area (Å²) in [6.07, 6.45) is -5.31. The maximum Gasteiger partial charge on any atom is 0.493 e. The van der Waals surface area contributed by atoms with E-state index in [1.807, 2.05) is 4.90 Å². The van der Waals surface area contributed by atoms with Crippen molar-refractivity contribution in [2.24, 2.45) is 7.05 Å². The summed E-state index contributed by atoms with van der Waals surface area (Å²) in [6.45, 7) is 9.01. The van der Waals surface area contributed by atoms with Crippen LogP contribution >= 0.6 is 0 Å². The summed E-state index contributed by atoms with van der Waals surface area (Å²) in [5.74, 6) is 2.85. The average molecular weight is 589 g/mol. The lowest BCUT2D eigenvalue weighted by molar-refractivity contribution is -0.240. The average Bonchev–Trinajstić information content (AvgIpc) is 3.30. The Balaban J connectivity index is 1.76. The van der Waals surface area contributed by atoms with Crippen molar-refractivity contribution in [2.45, 2.75) is 46.0 Å². The number of imidazole rings is 1. The molecule has 0 atom stereocenters. The summed E-state index contributed by atoms with van der Waals surface area (Å²) >= 11 is 0. The van der Waals surface area contributed by atoms with E-state index in [1.165, 1.54) is 50.6 Å². The number of carbonyl (C=O) groups excluding carboxylic acids is 2. The minimum atomic E-state index is -5.31. The van der Waals surface area contributed by atoms with Crippen LogP contribution in [0.2, 0.25) is 0 Å². The number of piperazine rings is 1. The van der Waals surface area contributed by atoms with Crippen molar-refractivity contribution in [2.75, 3.05) is 36.4 Å². The van der Waals surface area contributed by atoms with Gasteiger partial charge in [-0.1, -0.05) is 18.1 Å². The highest BCUT2D eigenvalue weighted by Gasteiger charge is 2.45. The Bertz CT molecular complexity index is 1620. The number of hydroxylamine groups is 2. The van der Waals surface area contributed by atoms with E-state index in [2.05, 4.69) is 37.3 Å². The zero-order chi connectivity index (χ0) is 30.8. The Morgan fingerprint density at radius 2 is 1.81 bits per heavy atom. The molecule has 12 nitrogen and oxygen atoms in total. The molecule has 0 bridgehead atoms. The molecule has 42 heavy (non-hydrogen) atoms. The number of benzene rings is 1. The molecule has 1 aromatic carbocycles. The summed E-state index contributed by atoms with van der Waals surface area (Å²) < 4.78 is 41.9. The van der Waals surface area contributed by atoms with Crippen molar-refractivity contribution in [1.29, 1.82) is 0 Å². The molecule has 2 N–H and O–H groups in total. The molecule has 1 amide bonds. The predicted octanol–water partition coefficient (Wildman–Crippen LogP) is 2.57. The normalized spacial score (nSPS) is 13.9. The minimum absolute atomic E-state index is 0.0282. The van der Waals surface area contributed by atoms with E-state index in [1.54, 1.807) is 17.6 Å². The van der Waals surface area contributed by atoms with Gasteiger partial charge in [0, 0.05) is 33.2 Å². The molecule has 1 fully saturated rings.